The van der Waals surface area contributed by atoms with Gasteiger partial charge in [0.05, 0.1) is 23.4 Å². The van der Waals surface area contributed by atoms with Crippen LogP contribution in [0.5, 0.6) is 0 Å². The maximum atomic E-state index is 4.76. The number of benzene rings is 1. The lowest BCUT2D eigenvalue weighted by atomic mass is 10.0. The summed E-state index contributed by atoms with van der Waals surface area (Å²) in [6.45, 7) is 2.94. The molecule has 0 spiro atoms. The van der Waals surface area contributed by atoms with E-state index in [1.807, 2.05) is 11.7 Å². The van der Waals surface area contributed by atoms with Crippen LogP contribution in [-0.4, -0.2) is 19.3 Å². The van der Waals surface area contributed by atoms with Gasteiger partial charge in [0.2, 0.25) is 0 Å². The average Bonchev–Trinajstić information content (AvgIpc) is 2.99. The van der Waals surface area contributed by atoms with Gasteiger partial charge >= 0.3 is 0 Å². The second-order valence-electron chi connectivity index (χ2n) is 5.93. The number of imidazole rings is 1. The molecule has 0 atom stereocenters. The second-order valence-corrected chi connectivity index (χ2v) is 5.93. The molecule has 3 aromatic rings. The number of para-hydroxylation sites is 1. The first-order chi connectivity index (χ1) is 10.2. The summed E-state index contributed by atoms with van der Waals surface area (Å²) >= 11 is 0. The Balaban J connectivity index is 1.80. The molecule has 4 rings (SSSR count). The first-order valence-corrected chi connectivity index (χ1v) is 7.69. The lowest BCUT2D eigenvalue weighted by molar-refractivity contribution is 0.616. The van der Waals surface area contributed by atoms with E-state index in [0.717, 1.165) is 30.9 Å². The molecular weight excluding hydrogens is 260 g/mol. The topological polar surface area (TPSA) is 35.6 Å². The van der Waals surface area contributed by atoms with Crippen molar-refractivity contribution in [3.8, 4) is 0 Å². The molecule has 0 aliphatic heterocycles. The van der Waals surface area contributed by atoms with Crippen molar-refractivity contribution in [1.82, 2.24) is 19.3 Å². The van der Waals surface area contributed by atoms with Gasteiger partial charge in [-0.25, -0.2) is 4.98 Å². The quantitative estimate of drug-likeness (QED) is 0.723. The summed E-state index contributed by atoms with van der Waals surface area (Å²) in [5.41, 5.74) is 5.06. The minimum Gasteiger partial charge on any atom is -0.326 e. The molecule has 4 nitrogen and oxygen atoms in total. The summed E-state index contributed by atoms with van der Waals surface area (Å²) in [5.74, 6) is 1.12. The van der Waals surface area contributed by atoms with Gasteiger partial charge in [-0.1, -0.05) is 18.2 Å². The molecule has 2 heterocycles. The molecule has 0 saturated carbocycles. The summed E-state index contributed by atoms with van der Waals surface area (Å²) in [7, 11) is 2.02. The molecule has 0 unspecified atom stereocenters. The maximum absolute atomic E-state index is 4.76. The van der Waals surface area contributed by atoms with Crippen LogP contribution in [0.1, 0.15) is 35.7 Å². The monoisotopic (exact) mass is 280 g/mol. The highest BCUT2D eigenvalue weighted by Crippen LogP contribution is 2.25. The number of fused-ring (bicyclic) bond motifs is 2. The first-order valence-electron chi connectivity index (χ1n) is 7.69. The van der Waals surface area contributed by atoms with E-state index < -0.39 is 0 Å². The van der Waals surface area contributed by atoms with Crippen molar-refractivity contribution in [2.75, 3.05) is 0 Å². The average molecular weight is 280 g/mol. The number of nitrogens with zero attached hydrogens (tertiary/aromatic N) is 4. The van der Waals surface area contributed by atoms with Gasteiger partial charge in [0.15, 0.2) is 0 Å². The molecule has 0 bridgehead atoms. The van der Waals surface area contributed by atoms with Crippen LogP contribution in [0.3, 0.4) is 0 Å². The van der Waals surface area contributed by atoms with Crippen LogP contribution in [0, 0.1) is 6.92 Å². The first kappa shape index (κ1) is 12.6. The van der Waals surface area contributed by atoms with E-state index in [2.05, 4.69) is 35.8 Å². The molecule has 0 fully saturated rings. The maximum Gasteiger partial charge on any atom is 0.106 e. The lowest BCUT2D eigenvalue weighted by Crippen LogP contribution is -2.11. The van der Waals surface area contributed by atoms with Crippen molar-refractivity contribution in [2.45, 2.75) is 39.2 Å². The number of aryl methyl sites for hydroxylation is 3. The van der Waals surface area contributed by atoms with Gasteiger partial charge in [-0.15, -0.1) is 0 Å². The van der Waals surface area contributed by atoms with E-state index in [1.165, 1.54) is 35.1 Å². The Kier molecular flexibility index (Phi) is 2.84. The van der Waals surface area contributed by atoms with Gasteiger partial charge in [-0.3, -0.25) is 4.68 Å². The minimum atomic E-state index is 0.829. The summed E-state index contributed by atoms with van der Waals surface area (Å²) in [5, 5.41) is 5.97. The van der Waals surface area contributed by atoms with E-state index in [1.54, 1.807) is 0 Å². The zero-order valence-electron chi connectivity index (χ0n) is 12.6. The second kappa shape index (κ2) is 4.72. The molecule has 108 valence electrons. The van der Waals surface area contributed by atoms with Gasteiger partial charge < -0.3 is 4.57 Å². The lowest BCUT2D eigenvalue weighted by Gasteiger charge is -2.14. The van der Waals surface area contributed by atoms with Gasteiger partial charge in [-0.05, 0) is 38.7 Å². The summed E-state index contributed by atoms with van der Waals surface area (Å²) in [6.07, 6.45) is 4.84. The SMILES string of the molecule is Cc1nc2c(n1Cc1nn(C)c3ccccc13)CCCC2. The number of hydrogen-bond donors (Lipinski definition) is 0. The third-order valence-electron chi connectivity index (χ3n) is 4.57. The van der Waals surface area contributed by atoms with Crippen molar-refractivity contribution < 1.29 is 0 Å². The molecule has 1 aromatic carbocycles. The zero-order chi connectivity index (χ0) is 14.4. The van der Waals surface area contributed by atoms with Crippen molar-refractivity contribution >= 4 is 10.9 Å². The molecule has 0 radical (unpaired) electrons. The van der Waals surface area contributed by atoms with E-state index in [4.69, 9.17) is 10.1 Å². The molecule has 0 amide bonds. The minimum absolute atomic E-state index is 0.829. The standard InChI is InChI=1S/C17H20N4/c1-12-18-14-8-4-6-10-17(14)21(12)11-15-13-7-3-5-9-16(13)20(2)19-15/h3,5,7,9H,4,6,8,10-11H2,1-2H3. The van der Waals surface area contributed by atoms with Crippen LogP contribution in [0.25, 0.3) is 10.9 Å². The van der Waals surface area contributed by atoms with Crippen molar-refractivity contribution in [3.63, 3.8) is 0 Å². The summed E-state index contributed by atoms with van der Waals surface area (Å²) < 4.78 is 4.34. The largest absolute Gasteiger partial charge is 0.326 e. The normalized spacial score (nSPS) is 14.6. The van der Waals surface area contributed by atoms with Crippen LogP contribution < -0.4 is 0 Å². The Morgan fingerprint density at radius 3 is 2.86 bits per heavy atom. The fourth-order valence-corrected chi connectivity index (χ4v) is 3.50. The van der Waals surface area contributed by atoms with E-state index in [0.29, 0.717) is 0 Å². The van der Waals surface area contributed by atoms with Gasteiger partial charge in [-0.2, -0.15) is 5.10 Å². The van der Waals surface area contributed by atoms with E-state index in [9.17, 15) is 0 Å². The Labute approximate surface area is 124 Å². The Bertz CT molecular complexity index is 810. The van der Waals surface area contributed by atoms with Gasteiger partial charge in [0, 0.05) is 18.1 Å². The molecule has 1 aliphatic carbocycles. The van der Waals surface area contributed by atoms with Crippen LogP contribution in [0.4, 0.5) is 0 Å². The summed E-state index contributed by atoms with van der Waals surface area (Å²) in [6, 6.07) is 8.44. The van der Waals surface area contributed by atoms with Crippen molar-refractivity contribution in [2.24, 2.45) is 7.05 Å². The highest BCUT2D eigenvalue weighted by atomic mass is 15.3. The fourth-order valence-electron chi connectivity index (χ4n) is 3.50. The summed E-state index contributed by atoms with van der Waals surface area (Å²) in [4.78, 5) is 4.76. The molecule has 21 heavy (non-hydrogen) atoms. The molecule has 4 heteroatoms. The Hall–Kier alpha value is -2.10. The van der Waals surface area contributed by atoms with E-state index in [-0.39, 0.29) is 0 Å². The molecule has 0 N–H and O–H groups in total. The molecule has 0 saturated heterocycles. The number of rotatable bonds is 2. The highest BCUT2D eigenvalue weighted by molar-refractivity contribution is 5.81. The third-order valence-corrected chi connectivity index (χ3v) is 4.57. The van der Waals surface area contributed by atoms with Gasteiger partial charge in [0.1, 0.15) is 5.82 Å². The molecule has 2 aromatic heterocycles. The fraction of sp³-hybridized carbons (Fsp3) is 0.412. The molecule has 1 aliphatic rings. The Morgan fingerprint density at radius 1 is 1.14 bits per heavy atom. The molecular formula is C17H20N4. The third kappa shape index (κ3) is 1.97. The van der Waals surface area contributed by atoms with Crippen LogP contribution in [0.15, 0.2) is 24.3 Å². The smallest absolute Gasteiger partial charge is 0.106 e. The van der Waals surface area contributed by atoms with Crippen LogP contribution >= 0.6 is 0 Å². The zero-order valence-corrected chi connectivity index (χ0v) is 12.6. The number of aromatic nitrogens is 4. The predicted octanol–water partition coefficient (Wildman–Crippen LogP) is 3.01. The number of hydrogen-bond acceptors (Lipinski definition) is 2. The van der Waals surface area contributed by atoms with Crippen LogP contribution in [-0.2, 0) is 26.4 Å². The highest BCUT2D eigenvalue weighted by Gasteiger charge is 2.19. The van der Waals surface area contributed by atoms with Crippen LogP contribution in [0.2, 0.25) is 0 Å². The Morgan fingerprint density at radius 2 is 1.95 bits per heavy atom. The van der Waals surface area contributed by atoms with Crippen molar-refractivity contribution in [1.29, 1.82) is 0 Å². The van der Waals surface area contributed by atoms with Crippen molar-refractivity contribution in [3.05, 3.63) is 47.2 Å². The van der Waals surface area contributed by atoms with E-state index >= 15 is 0 Å². The van der Waals surface area contributed by atoms with Gasteiger partial charge in [0.25, 0.3) is 0 Å². The predicted molar refractivity (Wildman–Crippen MR) is 83.4 cm³/mol.